The second-order valence-electron chi connectivity index (χ2n) is 10.1. The van der Waals surface area contributed by atoms with Crippen molar-refractivity contribution in [1.29, 1.82) is 0 Å². The summed E-state index contributed by atoms with van der Waals surface area (Å²) in [5.41, 5.74) is 2.55. The minimum Gasteiger partial charge on any atom is -0.337 e. The molecule has 1 heterocycles. The summed E-state index contributed by atoms with van der Waals surface area (Å²) in [5.74, 6) is 0.284. The Kier molecular flexibility index (Phi) is 9.75. The van der Waals surface area contributed by atoms with Gasteiger partial charge < -0.3 is 10.2 Å². The van der Waals surface area contributed by atoms with Crippen LogP contribution in [0.3, 0.4) is 0 Å². The highest BCUT2D eigenvalue weighted by Crippen LogP contribution is 2.39. The van der Waals surface area contributed by atoms with E-state index in [1.807, 2.05) is 24.0 Å². The van der Waals surface area contributed by atoms with Gasteiger partial charge in [0.15, 0.2) is 0 Å². The van der Waals surface area contributed by atoms with Gasteiger partial charge in [-0.1, -0.05) is 50.7 Å². The van der Waals surface area contributed by atoms with Crippen LogP contribution in [0.2, 0.25) is 0 Å². The highest BCUT2D eigenvalue weighted by molar-refractivity contribution is 7.92. The average Bonchev–Trinajstić information content (AvgIpc) is 3.10. The van der Waals surface area contributed by atoms with Crippen LogP contribution in [0, 0.1) is 0 Å². The van der Waals surface area contributed by atoms with Crippen molar-refractivity contribution in [2.24, 2.45) is 4.99 Å². The van der Waals surface area contributed by atoms with Crippen molar-refractivity contribution >= 4 is 33.5 Å². The molecule has 1 aliphatic carbocycles. The van der Waals surface area contributed by atoms with Crippen LogP contribution in [0.5, 0.6) is 0 Å². The van der Waals surface area contributed by atoms with Gasteiger partial charge in [0.1, 0.15) is 4.90 Å². The van der Waals surface area contributed by atoms with Crippen LogP contribution in [-0.4, -0.2) is 51.6 Å². The summed E-state index contributed by atoms with van der Waals surface area (Å²) >= 11 is 0. The number of para-hydroxylation sites is 1. The molecule has 1 saturated heterocycles. The Labute approximate surface area is 221 Å². The number of benzene rings is 2. The smallest absolute Gasteiger partial charge is 0.264 e. The van der Waals surface area contributed by atoms with E-state index in [0.29, 0.717) is 29.4 Å². The number of aliphatic imine (C=N–C) groups is 1. The zero-order valence-electron chi connectivity index (χ0n) is 21.9. The molecular formula is C29H40N4O3S. The number of sulfonamides is 1. The molecule has 7 nitrogen and oxygen atoms in total. The van der Waals surface area contributed by atoms with E-state index in [4.69, 9.17) is 0 Å². The first-order valence-electron chi connectivity index (χ1n) is 13.7. The Hall–Kier alpha value is -2.71. The van der Waals surface area contributed by atoms with Gasteiger partial charge in [-0.3, -0.25) is 14.5 Å². The normalized spacial score (nSPS) is 18.6. The molecule has 1 amide bonds. The van der Waals surface area contributed by atoms with Gasteiger partial charge in [0.2, 0.25) is 0 Å². The predicted molar refractivity (Wildman–Crippen MR) is 151 cm³/mol. The molecule has 2 aliphatic rings. The molecule has 1 saturated carbocycles. The molecule has 2 aromatic carbocycles. The average molecular weight is 525 g/mol. The number of nitrogens with zero attached hydrogens (tertiary/aromatic N) is 2. The fourth-order valence-electron chi connectivity index (χ4n) is 5.42. The topological polar surface area (TPSA) is 90.9 Å². The lowest BCUT2D eigenvalue weighted by Gasteiger charge is -2.21. The van der Waals surface area contributed by atoms with Crippen LogP contribution < -0.4 is 10.0 Å². The fourth-order valence-corrected chi connectivity index (χ4v) is 6.66. The second-order valence-corrected chi connectivity index (χ2v) is 11.7. The van der Waals surface area contributed by atoms with Crippen LogP contribution in [-0.2, 0) is 10.0 Å². The Balaban J connectivity index is 1.55. The standard InChI is InChI=1S/C29H40N4O3S/c1-2-31-28-26(23-11-7-5-3-4-6-8-12-23)13-9-14-27(28)37(35,36)32-25-17-15-24(16-18-25)29(34)33-21-10-19-30-20-22-33/h2,9,13-18,23,30,32H,3-8,10-12,19-22H2,1H3/b31-2-. The first-order chi connectivity index (χ1) is 18.0. The number of carbonyl (C=O) groups excluding carboxylic acids is 1. The Morgan fingerprint density at radius 1 is 0.946 bits per heavy atom. The number of nitrogens with one attached hydrogen (secondary N) is 2. The summed E-state index contributed by atoms with van der Waals surface area (Å²) in [6.45, 7) is 4.91. The Morgan fingerprint density at radius 2 is 1.65 bits per heavy atom. The largest absolute Gasteiger partial charge is 0.337 e. The summed E-state index contributed by atoms with van der Waals surface area (Å²) in [6.07, 6.45) is 12.1. The van der Waals surface area contributed by atoms with Gasteiger partial charge in [-0.05, 0) is 74.5 Å². The van der Waals surface area contributed by atoms with Gasteiger partial charge in [-0.25, -0.2) is 8.42 Å². The summed E-state index contributed by atoms with van der Waals surface area (Å²) in [4.78, 5) is 19.5. The number of hydrogen-bond donors (Lipinski definition) is 2. The summed E-state index contributed by atoms with van der Waals surface area (Å²) in [7, 11) is -3.88. The van der Waals surface area contributed by atoms with Crippen LogP contribution in [0.4, 0.5) is 11.4 Å². The molecule has 0 unspecified atom stereocenters. The Bertz CT molecular complexity index is 1160. The molecule has 4 rings (SSSR count). The number of anilines is 1. The molecule has 0 spiro atoms. The maximum Gasteiger partial charge on any atom is 0.264 e. The monoisotopic (exact) mass is 524 g/mol. The van der Waals surface area contributed by atoms with Crippen LogP contribution >= 0.6 is 0 Å². The van der Waals surface area contributed by atoms with Crippen molar-refractivity contribution in [1.82, 2.24) is 10.2 Å². The first kappa shape index (κ1) is 27.3. The number of amides is 1. The van der Waals surface area contributed by atoms with E-state index in [2.05, 4.69) is 15.0 Å². The Morgan fingerprint density at radius 3 is 2.35 bits per heavy atom. The SMILES string of the molecule is C/C=N\c1c(C2CCCCCCCC2)cccc1S(=O)(=O)Nc1ccc(C(=O)N2CCCNCC2)cc1. The third-order valence-corrected chi connectivity index (χ3v) is 8.80. The molecule has 1 aliphatic heterocycles. The van der Waals surface area contributed by atoms with Crippen molar-refractivity contribution in [3.63, 3.8) is 0 Å². The van der Waals surface area contributed by atoms with E-state index in [-0.39, 0.29) is 10.8 Å². The molecule has 0 radical (unpaired) electrons. The van der Waals surface area contributed by atoms with Gasteiger partial charge in [-0.2, -0.15) is 0 Å². The van der Waals surface area contributed by atoms with Crippen LogP contribution in [0.25, 0.3) is 0 Å². The summed E-state index contributed by atoms with van der Waals surface area (Å²) in [5, 5.41) is 3.30. The lowest BCUT2D eigenvalue weighted by molar-refractivity contribution is 0.0766. The first-order valence-corrected chi connectivity index (χ1v) is 15.2. The molecule has 37 heavy (non-hydrogen) atoms. The van der Waals surface area contributed by atoms with Gasteiger partial charge in [0.25, 0.3) is 15.9 Å². The van der Waals surface area contributed by atoms with Crippen molar-refractivity contribution in [3.05, 3.63) is 53.6 Å². The number of carbonyl (C=O) groups is 1. The molecule has 0 atom stereocenters. The van der Waals surface area contributed by atoms with Crippen molar-refractivity contribution < 1.29 is 13.2 Å². The molecule has 2 aromatic rings. The van der Waals surface area contributed by atoms with Gasteiger partial charge in [0.05, 0.1) is 5.69 Å². The van der Waals surface area contributed by atoms with E-state index in [1.54, 1.807) is 36.5 Å². The van der Waals surface area contributed by atoms with E-state index in [9.17, 15) is 13.2 Å². The third kappa shape index (κ3) is 7.20. The zero-order valence-corrected chi connectivity index (χ0v) is 22.7. The van der Waals surface area contributed by atoms with Crippen LogP contribution in [0.15, 0.2) is 52.4 Å². The quantitative estimate of drug-likeness (QED) is 0.463. The molecule has 200 valence electrons. The maximum atomic E-state index is 13.5. The highest BCUT2D eigenvalue weighted by atomic mass is 32.2. The molecular weight excluding hydrogens is 484 g/mol. The molecule has 2 N–H and O–H groups in total. The highest BCUT2D eigenvalue weighted by Gasteiger charge is 2.25. The maximum absolute atomic E-state index is 13.5. The number of rotatable bonds is 6. The second kappa shape index (κ2) is 13.2. The molecule has 0 aromatic heterocycles. The zero-order chi connectivity index (χ0) is 26.1. The predicted octanol–water partition coefficient (Wildman–Crippen LogP) is 5.86. The van der Waals surface area contributed by atoms with E-state index >= 15 is 0 Å². The molecule has 8 heteroatoms. The van der Waals surface area contributed by atoms with Crippen molar-refractivity contribution in [3.8, 4) is 0 Å². The van der Waals surface area contributed by atoms with Gasteiger partial charge in [-0.15, -0.1) is 0 Å². The molecule has 0 bridgehead atoms. The third-order valence-electron chi connectivity index (χ3n) is 7.38. The van der Waals surface area contributed by atoms with Crippen molar-refractivity contribution in [2.75, 3.05) is 30.9 Å². The van der Waals surface area contributed by atoms with E-state index in [0.717, 1.165) is 57.3 Å². The minimum absolute atomic E-state index is 0.0274. The molecule has 2 fully saturated rings. The minimum atomic E-state index is -3.88. The summed E-state index contributed by atoms with van der Waals surface area (Å²) in [6, 6.07) is 12.2. The van der Waals surface area contributed by atoms with E-state index < -0.39 is 10.0 Å². The van der Waals surface area contributed by atoms with Gasteiger partial charge >= 0.3 is 0 Å². The lowest BCUT2D eigenvalue weighted by Crippen LogP contribution is -2.34. The lowest BCUT2D eigenvalue weighted by atomic mass is 9.88. The fraction of sp³-hybridized carbons (Fsp3) is 0.517. The van der Waals surface area contributed by atoms with E-state index in [1.165, 1.54) is 25.7 Å². The van der Waals surface area contributed by atoms with Crippen molar-refractivity contribution in [2.45, 2.75) is 75.5 Å². The van der Waals surface area contributed by atoms with Gasteiger partial charge in [0, 0.05) is 37.1 Å². The summed E-state index contributed by atoms with van der Waals surface area (Å²) < 4.78 is 29.8. The number of hydrogen-bond acceptors (Lipinski definition) is 5. The van der Waals surface area contributed by atoms with Crippen LogP contribution in [0.1, 0.15) is 86.6 Å².